The van der Waals surface area contributed by atoms with Crippen LogP contribution < -0.4 is 10.1 Å². The molecule has 0 spiro atoms. The van der Waals surface area contributed by atoms with E-state index in [0.29, 0.717) is 16.9 Å². The zero-order valence-corrected chi connectivity index (χ0v) is 16.3. The zero-order valence-electron chi connectivity index (χ0n) is 15.5. The van der Waals surface area contributed by atoms with Crippen LogP contribution in [0.4, 0.5) is 23.1 Å². The maximum absolute atomic E-state index is 14.0. The van der Waals surface area contributed by atoms with E-state index in [9.17, 15) is 23.1 Å². The lowest BCUT2D eigenvalue weighted by molar-refractivity contribution is 0.127. The third-order valence-electron chi connectivity index (χ3n) is 4.09. The molecule has 0 bridgehead atoms. The van der Waals surface area contributed by atoms with Crippen molar-refractivity contribution >= 4 is 22.6 Å². The van der Waals surface area contributed by atoms with Gasteiger partial charge < -0.3 is 14.4 Å². The lowest BCUT2D eigenvalue weighted by Gasteiger charge is -2.12. The minimum Gasteiger partial charge on any atom is -0.393 e. The van der Waals surface area contributed by atoms with Crippen LogP contribution in [0.5, 0.6) is 5.88 Å². The lowest BCUT2D eigenvalue weighted by Crippen LogP contribution is -2.18. The second kappa shape index (κ2) is 8.66. The molecule has 0 fully saturated rings. The fraction of sp³-hybridized carbons (Fsp3) is 0.263. The van der Waals surface area contributed by atoms with Crippen LogP contribution >= 0.6 is 11.3 Å². The van der Waals surface area contributed by atoms with Gasteiger partial charge in [0.15, 0.2) is 10.3 Å². The second-order valence-corrected chi connectivity index (χ2v) is 7.63. The van der Waals surface area contributed by atoms with Gasteiger partial charge in [0.1, 0.15) is 11.6 Å². The first-order valence-corrected chi connectivity index (χ1v) is 9.47. The quantitative estimate of drug-likeness (QED) is 0.600. The Balaban J connectivity index is 1.86. The molecule has 2 aromatic heterocycles. The fourth-order valence-electron chi connectivity index (χ4n) is 2.62. The van der Waals surface area contributed by atoms with E-state index in [1.54, 1.807) is 0 Å². The van der Waals surface area contributed by atoms with Crippen molar-refractivity contribution in [2.45, 2.75) is 26.5 Å². The molecule has 3 aromatic rings. The number of hydrogen-bond donors (Lipinski definition) is 2. The van der Waals surface area contributed by atoms with Gasteiger partial charge in [0, 0.05) is 29.5 Å². The number of halogens is 3. The van der Waals surface area contributed by atoms with Crippen molar-refractivity contribution in [1.29, 1.82) is 0 Å². The van der Waals surface area contributed by atoms with E-state index in [1.165, 1.54) is 22.9 Å². The maximum atomic E-state index is 14.0. The number of benzene rings is 1. The Hall–Kier alpha value is -2.85. The molecule has 1 aromatic carbocycles. The van der Waals surface area contributed by atoms with Crippen LogP contribution in [0.15, 0.2) is 36.7 Å². The van der Waals surface area contributed by atoms with Gasteiger partial charge in [-0.25, -0.2) is 18.6 Å². The summed E-state index contributed by atoms with van der Waals surface area (Å²) in [5.74, 6) is -1.55. The van der Waals surface area contributed by atoms with Gasteiger partial charge in [-0.05, 0) is 12.0 Å². The molecule has 1 atom stereocenters. The van der Waals surface area contributed by atoms with Crippen LogP contribution in [-0.4, -0.2) is 20.8 Å². The molecule has 0 aliphatic carbocycles. The summed E-state index contributed by atoms with van der Waals surface area (Å²) >= 11 is 0.629. The Bertz CT molecular complexity index is 1020. The van der Waals surface area contributed by atoms with Gasteiger partial charge in [-0.1, -0.05) is 31.3 Å². The molecule has 6 nitrogen and oxygen atoms in total. The van der Waals surface area contributed by atoms with E-state index in [-0.39, 0.29) is 29.0 Å². The third-order valence-corrected chi connectivity index (χ3v) is 4.79. The number of nitrogens with one attached hydrogen (secondary N) is 1. The summed E-state index contributed by atoms with van der Waals surface area (Å²) in [6, 6.07) is 4.61. The minimum atomic E-state index is -0.927. The van der Waals surface area contributed by atoms with Gasteiger partial charge in [0.25, 0.3) is 0 Å². The van der Waals surface area contributed by atoms with Crippen LogP contribution in [0.25, 0.3) is 0 Å². The first-order valence-electron chi connectivity index (χ1n) is 8.65. The third kappa shape index (κ3) is 5.15. The average molecular weight is 425 g/mol. The number of rotatable bonds is 6. The number of amides is 1. The molecule has 1 unspecified atom stereocenters. The van der Waals surface area contributed by atoms with Crippen LogP contribution in [0.3, 0.4) is 0 Å². The number of ether oxygens (including phenoxy) is 1. The first kappa shape index (κ1) is 20.9. The molecule has 3 rings (SSSR count). The summed E-state index contributed by atoms with van der Waals surface area (Å²) in [6.45, 7) is 3.56. The highest BCUT2D eigenvalue weighted by atomic mass is 32.1. The zero-order chi connectivity index (χ0) is 21.1. The Morgan fingerprint density at radius 3 is 2.69 bits per heavy atom. The van der Waals surface area contributed by atoms with Crippen molar-refractivity contribution in [2.75, 3.05) is 5.32 Å². The Labute approximate surface area is 168 Å². The number of nitrogens with zero attached hydrogens (tertiary/aromatic N) is 2. The maximum Gasteiger partial charge on any atom is 0.420 e. The van der Waals surface area contributed by atoms with E-state index in [4.69, 9.17) is 4.74 Å². The second-order valence-electron chi connectivity index (χ2n) is 6.65. The van der Waals surface area contributed by atoms with Crippen LogP contribution in [-0.2, 0) is 6.54 Å². The molecule has 2 N–H and O–H groups in total. The van der Waals surface area contributed by atoms with E-state index in [2.05, 4.69) is 10.3 Å². The summed E-state index contributed by atoms with van der Waals surface area (Å²) in [6.07, 6.45) is 0.716. The van der Waals surface area contributed by atoms with E-state index in [1.807, 2.05) is 13.8 Å². The number of anilines is 1. The molecule has 2 heterocycles. The largest absolute Gasteiger partial charge is 0.420 e. The summed E-state index contributed by atoms with van der Waals surface area (Å²) in [7, 11) is 0. The molecule has 0 saturated carbocycles. The summed E-state index contributed by atoms with van der Waals surface area (Å²) in [5.41, 5.74) is 0.630. The Morgan fingerprint density at radius 2 is 2.07 bits per heavy atom. The topological polar surface area (TPSA) is 76.4 Å². The number of aliphatic hydroxyl groups excluding tert-OH is 1. The molecule has 10 heteroatoms. The number of aliphatic hydroxyl groups is 1. The number of carbonyl (C=O) groups is 1. The van der Waals surface area contributed by atoms with Gasteiger partial charge in [-0.2, -0.15) is 4.39 Å². The molecule has 154 valence electrons. The van der Waals surface area contributed by atoms with Gasteiger partial charge in [0.2, 0.25) is 5.88 Å². The van der Waals surface area contributed by atoms with Crippen molar-refractivity contribution in [2.24, 2.45) is 5.92 Å². The SMILES string of the molecule is CC(C)C(O)c1cc(OC(=O)Nc2ncc(F)s2)n(Cc2ccc(F)cc2F)c1. The molecule has 0 radical (unpaired) electrons. The highest BCUT2D eigenvalue weighted by Crippen LogP contribution is 2.28. The number of aromatic nitrogens is 2. The van der Waals surface area contributed by atoms with Crippen LogP contribution in [0, 0.1) is 22.7 Å². The summed E-state index contributed by atoms with van der Waals surface area (Å²) in [4.78, 5) is 15.8. The number of thiazole rings is 1. The van der Waals surface area contributed by atoms with Crippen molar-refractivity contribution in [1.82, 2.24) is 9.55 Å². The molecule has 29 heavy (non-hydrogen) atoms. The highest BCUT2D eigenvalue weighted by Gasteiger charge is 2.20. The number of carbonyl (C=O) groups excluding carboxylic acids is 1. The molecular weight excluding hydrogens is 407 g/mol. The predicted molar refractivity (Wildman–Crippen MR) is 101 cm³/mol. The summed E-state index contributed by atoms with van der Waals surface area (Å²) < 4.78 is 46.9. The van der Waals surface area contributed by atoms with E-state index < -0.39 is 29.0 Å². The van der Waals surface area contributed by atoms with Crippen molar-refractivity contribution < 1.29 is 27.8 Å². The first-order chi connectivity index (χ1) is 13.7. The normalized spacial score (nSPS) is 12.2. The molecule has 0 aliphatic rings. The molecule has 0 saturated heterocycles. The van der Waals surface area contributed by atoms with Crippen molar-refractivity contribution in [3.8, 4) is 5.88 Å². The highest BCUT2D eigenvalue weighted by molar-refractivity contribution is 7.14. The average Bonchev–Trinajstić information content (AvgIpc) is 3.22. The fourth-order valence-corrected chi connectivity index (χ4v) is 3.15. The Morgan fingerprint density at radius 1 is 1.31 bits per heavy atom. The number of hydrogen-bond acceptors (Lipinski definition) is 5. The molecular formula is C19H18F3N3O3S. The van der Waals surface area contributed by atoms with Crippen molar-refractivity contribution in [3.63, 3.8) is 0 Å². The van der Waals surface area contributed by atoms with Gasteiger partial charge >= 0.3 is 6.09 Å². The van der Waals surface area contributed by atoms with Crippen LogP contribution in [0.2, 0.25) is 0 Å². The smallest absolute Gasteiger partial charge is 0.393 e. The molecule has 0 aliphatic heterocycles. The monoisotopic (exact) mass is 425 g/mol. The molecule has 1 amide bonds. The van der Waals surface area contributed by atoms with Gasteiger partial charge in [0.05, 0.1) is 18.8 Å². The predicted octanol–water partition coefficient (Wildman–Crippen LogP) is 4.71. The van der Waals surface area contributed by atoms with Crippen molar-refractivity contribution in [3.05, 3.63) is 64.6 Å². The minimum absolute atomic E-state index is 0.0117. The van der Waals surface area contributed by atoms with Gasteiger partial charge in [-0.15, -0.1) is 0 Å². The standard InChI is InChI=1S/C19H18F3N3O3S/c1-10(2)17(26)12-5-16(28-19(27)24-18-23-7-15(22)29-18)25(9-12)8-11-3-4-13(20)6-14(11)21/h3-7,9-10,17,26H,8H2,1-2H3,(H,23,24,27). The Kier molecular flexibility index (Phi) is 6.23. The van der Waals surface area contributed by atoms with Crippen LogP contribution in [0.1, 0.15) is 31.1 Å². The lowest BCUT2D eigenvalue weighted by atomic mass is 10.0. The summed E-state index contributed by atoms with van der Waals surface area (Å²) in [5, 5.41) is 12.1. The van der Waals surface area contributed by atoms with E-state index >= 15 is 0 Å². The van der Waals surface area contributed by atoms with Gasteiger partial charge in [-0.3, -0.25) is 5.32 Å². The van der Waals surface area contributed by atoms with E-state index in [0.717, 1.165) is 18.3 Å².